The maximum absolute atomic E-state index is 5.49. The van der Waals surface area contributed by atoms with Crippen LogP contribution in [0.4, 0.5) is 0 Å². The maximum atomic E-state index is 5.49. The van der Waals surface area contributed by atoms with E-state index in [0.717, 1.165) is 30.5 Å². The van der Waals surface area contributed by atoms with Crippen molar-refractivity contribution in [2.45, 2.75) is 25.8 Å². The Morgan fingerprint density at radius 3 is 2.56 bits per heavy atom. The van der Waals surface area contributed by atoms with Crippen LogP contribution in [0.2, 0.25) is 0 Å². The summed E-state index contributed by atoms with van der Waals surface area (Å²) in [6.07, 6.45) is 0. The maximum Gasteiger partial charge on any atom is 0.231 e. The largest absolute Gasteiger partial charge is 0.454 e. The van der Waals surface area contributed by atoms with E-state index in [2.05, 4.69) is 53.7 Å². The van der Waals surface area contributed by atoms with Crippen LogP contribution in [0.25, 0.3) is 0 Å². The second-order valence-electron chi connectivity index (χ2n) is 6.72. The molecule has 2 aromatic rings. The van der Waals surface area contributed by atoms with Gasteiger partial charge in [-0.2, -0.15) is 0 Å². The minimum atomic E-state index is -0.0780. The van der Waals surface area contributed by atoms with Crippen LogP contribution in [-0.2, 0) is 12.0 Å². The fourth-order valence-electron chi connectivity index (χ4n) is 2.73. The van der Waals surface area contributed by atoms with Crippen molar-refractivity contribution in [3.8, 4) is 11.5 Å². The van der Waals surface area contributed by atoms with E-state index >= 15 is 0 Å². The zero-order valence-corrected chi connectivity index (χ0v) is 15.0. The van der Waals surface area contributed by atoms with Gasteiger partial charge in [0.1, 0.15) is 0 Å². The molecule has 3 rings (SSSR count). The summed E-state index contributed by atoms with van der Waals surface area (Å²) in [7, 11) is 1.79. The van der Waals surface area contributed by atoms with Crippen molar-refractivity contribution in [2.24, 2.45) is 4.99 Å². The zero-order chi connectivity index (χ0) is 17.7. The summed E-state index contributed by atoms with van der Waals surface area (Å²) in [6, 6.07) is 16.4. The number of guanidine groups is 1. The molecule has 0 atom stereocenters. The number of hydrogen-bond acceptors (Lipinski definition) is 3. The minimum Gasteiger partial charge on any atom is -0.454 e. The average molecular weight is 339 g/mol. The van der Waals surface area contributed by atoms with Crippen LogP contribution in [0.15, 0.2) is 53.5 Å². The molecule has 1 aliphatic rings. The highest BCUT2D eigenvalue weighted by atomic mass is 16.7. The Kier molecular flexibility index (Phi) is 5.12. The molecular weight excluding hydrogens is 314 g/mol. The first kappa shape index (κ1) is 17.1. The Bertz CT molecular complexity index is 742. The van der Waals surface area contributed by atoms with Gasteiger partial charge in [0.25, 0.3) is 0 Å². The van der Waals surface area contributed by atoms with Gasteiger partial charge < -0.3 is 20.1 Å². The number of fused-ring (bicyclic) bond motifs is 1. The first-order valence-corrected chi connectivity index (χ1v) is 8.47. The van der Waals surface area contributed by atoms with E-state index in [9.17, 15) is 0 Å². The highest BCUT2D eigenvalue weighted by molar-refractivity contribution is 5.79. The summed E-state index contributed by atoms with van der Waals surface area (Å²) in [4.78, 5) is 4.31. The summed E-state index contributed by atoms with van der Waals surface area (Å²) >= 11 is 0. The van der Waals surface area contributed by atoms with Gasteiger partial charge in [-0.05, 0) is 23.3 Å². The SMILES string of the molecule is CN=C(NCc1ccccc1)NCC(C)(C)c1ccc2c(c1)OCO2. The predicted octanol–water partition coefficient (Wildman–Crippen LogP) is 3.06. The van der Waals surface area contributed by atoms with Crippen LogP contribution >= 0.6 is 0 Å². The summed E-state index contributed by atoms with van der Waals surface area (Å²) in [5.41, 5.74) is 2.34. The highest BCUT2D eigenvalue weighted by Gasteiger charge is 2.24. The van der Waals surface area contributed by atoms with Crippen molar-refractivity contribution < 1.29 is 9.47 Å². The Morgan fingerprint density at radius 2 is 1.80 bits per heavy atom. The molecule has 0 aliphatic carbocycles. The third-order valence-corrected chi connectivity index (χ3v) is 4.38. The monoisotopic (exact) mass is 339 g/mol. The fourth-order valence-corrected chi connectivity index (χ4v) is 2.73. The van der Waals surface area contributed by atoms with Crippen LogP contribution < -0.4 is 20.1 Å². The van der Waals surface area contributed by atoms with E-state index < -0.39 is 0 Å². The van der Waals surface area contributed by atoms with E-state index in [1.807, 2.05) is 24.3 Å². The third kappa shape index (κ3) is 4.24. The topological polar surface area (TPSA) is 54.9 Å². The fraction of sp³-hybridized carbons (Fsp3) is 0.350. The summed E-state index contributed by atoms with van der Waals surface area (Å²) in [5.74, 6) is 2.42. The van der Waals surface area contributed by atoms with Gasteiger partial charge in [-0.25, -0.2) is 0 Å². The van der Waals surface area contributed by atoms with Gasteiger partial charge in [0, 0.05) is 25.6 Å². The van der Waals surface area contributed by atoms with E-state index in [4.69, 9.17) is 9.47 Å². The van der Waals surface area contributed by atoms with E-state index in [1.54, 1.807) is 7.05 Å². The number of nitrogens with zero attached hydrogens (tertiary/aromatic N) is 1. The molecule has 0 unspecified atom stereocenters. The molecule has 0 saturated carbocycles. The molecule has 25 heavy (non-hydrogen) atoms. The van der Waals surface area contributed by atoms with Crippen LogP contribution in [0.5, 0.6) is 11.5 Å². The van der Waals surface area contributed by atoms with Crippen LogP contribution in [0, 0.1) is 0 Å². The lowest BCUT2D eigenvalue weighted by Crippen LogP contribution is -2.43. The minimum absolute atomic E-state index is 0.0780. The van der Waals surface area contributed by atoms with E-state index in [1.165, 1.54) is 11.1 Å². The lowest BCUT2D eigenvalue weighted by Gasteiger charge is -2.27. The van der Waals surface area contributed by atoms with Crippen LogP contribution in [0.1, 0.15) is 25.0 Å². The van der Waals surface area contributed by atoms with Crippen molar-refractivity contribution in [2.75, 3.05) is 20.4 Å². The summed E-state index contributed by atoms with van der Waals surface area (Å²) in [5, 5.41) is 6.76. The molecule has 0 amide bonds. The number of aliphatic imine (C=N–C) groups is 1. The highest BCUT2D eigenvalue weighted by Crippen LogP contribution is 2.36. The standard InChI is InChI=1S/C20H25N3O2/c1-20(2,16-9-10-17-18(11-16)25-14-24-17)13-23-19(21-3)22-12-15-7-5-4-6-8-15/h4-11H,12-14H2,1-3H3,(H2,21,22,23). The third-order valence-electron chi connectivity index (χ3n) is 4.38. The predicted molar refractivity (Wildman–Crippen MR) is 100 cm³/mol. The summed E-state index contributed by atoms with van der Waals surface area (Å²) in [6.45, 7) is 6.18. The van der Waals surface area contributed by atoms with Gasteiger partial charge >= 0.3 is 0 Å². The number of ether oxygens (including phenoxy) is 2. The average Bonchev–Trinajstić information content (AvgIpc) is 3.10. The smallest absolute Gasteiger partial charge is 0.231 e. The molecule has 132 valence electrons. The van der Waals surface area contributed by atoms with E-state index in [-0.39, 0.29) is 5.41 Å². The molecule has 0 fully saturated rings. The lowest BCUT2D eigenvalue weighted by molar-refractivity contribution is 0.174. The molecule has 0 spiro atoms. The summed E-state index contributed by atoms with van der Waals surface area (Å²) < 4.78 is 10.9. The van der Waals surface area contributed by atoms with Crippen LogP contribution in [-0.4, -0.2) is 26.3 Å². The lowest BCUT2D eigenvalue weighted by atomic mass is 9.84. The molecule has 0 aromatic heterocycles. The van der Waals surface area contributed by atoms with Crippen molar-refractivity contribution in [1.29, 1.82) is 0 Å². The van der Waals surface area contributed by atoms with Crippen molar-refractivity contribution in [3.05, 3.63) is 59.7 Å². The second-order valence-corrected chi connectivity index (χ2v) is 6.72. The van der Waals surface area contributed by atoms with Crippen molar-refractivity contribution in [3.63, 3.8) is 0 Å². The molecule has 1 heterocycles. The molecule has 5 heteroatoms. The van der Waals surface area contributed by atoms with Gasteiger partial charge in [0.2, 0.25) is 6.79 Å². The zero-order valence-electron chi connectivity index (χ0n) is 15.0. The van der Waals surface area contributed by atoms with Gasteiger partial charge in [-0.3, -0.25) is 4.99 Å². The molecule has 2 N–H and O–H groups in total. The number of hydrogen-bond donors (Lipinski definition) is 2. The van der Waals surface area contributed by atoms with Crippen LogP contribution in [0.3, 0.4) is 0 Å². The Balaban J connectivity index is 1.58. The molecule has 1 aliphatic heterocycles. The number of nitrogens with one attached hydrogen (secondary N) is 2. The quantitative estimate of drug-likeness (QED) is 0.649. The van der Waals surface area contributed by atoms with Crippen molar-refractivity contribution in [1.82, 2.24) is 10.6 Å². The molecular formula is C20H25N3O2. The normalized spacial score (nSPS) is 13.6. The molecule has 0 radical (unpaired) electrons. The van der Waals surface area contributed by atoms with Gasteiger partial charge in [0.15, 0.2) is 17.5 Å². The van der Waals surface area contributed by atoms with Crippen molar-refractivity contribution >= 4 is 5.96 Å². The molecule has 0 bridgehead atoms. The molecule has 2 aromatic carbocycles. The Hall–Kier alpha value is -2.69. The van der Waals surface area contributed by atoms with Gasteiger partial charge in [0.05, 0.1) is 0 Å². The van der Waals surface area contributed by atoms with Gasteiger partial charge in [-0.15, -0.1) is 0 Å². The first-order chi connectivity index (χ1) is 12.1. The van der Waals surface area contributed by atoms with E-state index in [0.29, 0.717) is 6.79 Å². The number of benzene rings is 2. The molecule has 0 saturated heterocycles. The number of rotatable bonds is 5. The Labute approximate surface area is 149 Å². The molecule has 5 nitrogen and oxygen atoms in total. The second kappa shape index (κ2) is 7.47. The first-order valence-electron chi connectivity index (χ1n) is 8.47. The Morgan fingerprint density at radius 1 is 1.04 bits per heavy atom. The van der Waals surface area contributed by atoms with Gasteiger partial charge in [-0.1, -0.05) is 50.2 Å².